The van der Waals surface area contributed by atoms with E-state index in [1.54, 1.807) is 11.3 Å². The summed E-state index contributed by atoms with van der Waals surface area (Å²) in [5.41, 5.74) is 3.44. The van der Waals surface area contributed by atoms with Gasteiger partial charge in [0.05, 0.1) is 15.2 Å². The fraction of sp³-hybridized carbons (Fsp3) is 0.118. The van der Waals surface area contributed by atoms with E-state index in [1.807, 2.05) is 24.3 Å². The van der Waals surface area contributed by atoms with E-state index in [0.717, 1.165) is 27.2 Å². The Morgan fingerprint density at radius 3 is 2.60 bits per heavy atom. The lowest BCUT2D eigenvalue weighted by molar-refractivity contribution is 1.14. The van der Waals surface area contributed by atoms with Gasteiger partial charge in [-0.15, -0.1) is 11.3 Å². The number of para-hydroxylation sites is 1. The lowest BCUT2D eigenvalue weighted by atomic mass is 10.1. The van der Waals surface area contributed by atoms with E-state index < -0.39 is 0 Å². The summed E-state index contributed by atoms with van der Waals surface area (Å²) in [5.74, 6) is 0. The van der Waals surface area contributed by atoms with Crippen LogP contribution in [0.5, 0.6) is 0 Å². The topological polar surface area (TPSA) is 12.9 Å². The lowest BCUT2D eigenvalue weighted by Crippen LogP contribution is -1.80. The second-order valence-corrected chi connectivity index (χ2v) is 6.01. The van der Waals surface area contributed by atoms with Gasteiger partial charge < -0.3 is 0 Å². The third-order valence-corrected chi connectivity index (χ3v) is 4.65. The molecule has 0 N–H and O–H groups in total. The highest BCUT2D eigenvalue weighted by Crippen LogP contribution is 2.30. The molecule has 20 heavy (non-hydrogen) atoms. The van der Waals surface area contributed by atoms with Crippen LogP contribution in [-0.2, 0) is 6.42 Å². The molecule has 0 radical (unpaired) electrons. The van der Waals surface area contributed by atoms with Gasteiger partial charge in [0.1, 0.15) is 5.01 Å². The first-order valence-electron chi connectivity index (χ1n) is 6.58. The van der Waals surface area contributed by atoms with E-state index in [-0.39, 0.29) is 0 Å². The first kappa shape index (κ1) is 13.3. The Bertz CT molecular complexity index is 723. The van der Waals surface area contributed by atoms with Gasteiger partial charge in [0, 0.05) is 0 Å². The van der Waals surface area contributed by atoms with E-state index in [9.17, 15) is 0 Å². The number of hydrogen-bond acceptors (Lipinski definition) is 2. The van der Waals surface area contributed by atoms with Crippen LogP contribution in [0, 0.1) is 0 Å². The van der Waals surface area contributed by atoms with Crippen LogP contribution >= 0.6 is 22.9 Å². The van der Waals surface area contributed by atoms with E-state index in [1.165, 1.54) is 5.56 Å². The van der Waals surface area contributed by atoms with Crippen LogP contribution in [0.3, 0.4) is 0 Å². The zero-order valence-corrected chi connectivity index (χ0v) is 12.7. The maximum atomic E-state index is 6.39. The SMILES string of the molecule is CCc1ccc(/C=C(/Cl)c2nc3ccccc3s2)cc1. The Hall–Kier alpha value is -1.64. The van der Waals surface area contributed by atoms with Crippen molar-refractivity contribution < 1.29 is 0 Å². The Morgan fingerprint density at radius 2 is 1.90 bits per heavy atom. The molecule has 0 aliphatic rings. The zero-order chi connectivity index (χ0) is 13.9. The number of nitrogens with zero attached hydrogens (tertiary/aromatic N) is 1. The Labute approximate surface area is 127 Å². The van der Waals surface area contributed by atoms with Crippen molar-refractivity contribution in [1.82, 2.24) is 4.98 Å². The normalized spacial score (nSPS) is 12.0. The minimum atomic E-state index is 0.690. The van der Waals surface area contributed by atoms with Crippen molar-refractivity contribution in [3.63, 3.8) is 0 Å². The minimum Gasteiger partial charge on any atom is -0.235 e. The summed E-state index contributed by atoms with van der Waals surface area (Å²) in [6.07, 6.45) is 3.02. The number of aryl methyl sites for hydroxylation is 1. The lowest BCUT2D eigenvalue weighted by Gasteiger charge is -1.98. The monoisotopic (exact) mass is 299 g/mol. The molecule has 0 spiro atoms. The Kier molecular flexibility index (Phi) is 3.86. The molecule has 1 nitrogen and oxygen atoms in total. The molecule has 3 aromatic rings. The summed E-state index contributed by atoms with van der Waals surface area (Å²) in [5, 5.41) is 1.56. The molecule has 1 aromatic heterocycles. The summed E-state index contributed by atoms with van der Waals surface area (Å²) in [6, 6.07) is 16.5. The van der Waals surface area contributed by atoms with Crippen molar-refractivity contribution in [2.45, 2.75) is 13.3 Å². The summed E-state index contributed by atoms with van der Waals surface area (Å²) in [7, 11) is 0. The standard InChI is InChI=1S/C17H14ClNS/c1-2-12-7-9-13(10-8-12)11-14(18)17-19-15-5-3-4-6-16(15)20-17/h3-11H,2H2,1H3/b14-11+. The van der Waals surface area contributed by atoms with Gasteiger partial charge in [0.15, 0.2) is 0 Å². The fourth-order valence-corrected chi connectivity index (χ4v) is 3.19. The van der Waals surface area contributed by atoms with Crippen molar-refractivity contribution in [1.29, 1.82) is 0 Å². The van der Waals surface area contributed by atoms with Crippen molar-refractivity contribution in [3.05, 3.63) is 64.7 Å². The quantitative estimate of drug-likeness (QED) is 0.614. The van der Waals surface area contributed by atoms with Crippen LogP contribution in [-0.4, -0.2) is 4.98 Å². The predicted molar refractivity (Wildman–Crippen MR) is 89.2 cm³/mol. The fourth-order valence-electron chi connectivity index (χ4n) is 2.03. The average molecular weight is 300 g/mol. The number of benzene rings is 2. The van der Waals surface area contributed by atoms with E-state index in [0.29, 0.717) is 5.03 Å². The minimum absolute atomic E-state index is 0.690. The smallest absolute Gasteiger partial charge is 0.136 e. The largest absolute Gasteiger partial charge is 0.235 e. The number of fused-ring (bicyclic) bond motifs is 1. The summed E-state index contributed by atoms with van der Waals surface area (Å²) in [4.78, 5) is 4.56. The zero-order valence-electron chi connectivity index (χ0n) is 11.1. The maximum Gasteiger partial charge on any atom is 0.136 e. The molecule has 1 heterocycles. The van der Waals surface area contributed by atoms with Gasteiger partial charge in [-0.3, -0.25) is 0 Å². The van der Waals surface area contributed by atoms with E-state index >= 15 is 0 Å². The molecular weight excluding hydrogens is 286 g/mol. The molecule has 0 fully saturated rings. The third kappa shape index (κ3) is 2.77. The van der Waals surface area contributed by atoms with Gasteiger partial charge in [-0.2, -0.15) is 0 Å². The second-order valence-electron chi connectivity index (χ2n) is 4.57. The number of aromatic nitrogens is 1. The molecule has 0 bridgehead atoms. The molecular formula is C17H14ClNS. The molecule has 3 rings (SSSR count). The highest BCUT2D eigenvalue weighted by atomic mass is 35.5. The first-order valence-corrected chi connectivity index (χ1v) is 7.78. The molecule has 0 saturated heterocycles. The number of hydrogen-bond donors (Lipinski definition) is 0. The van der Waals surface area contributed by atoms with E-state index in [2.05, 4.69) is 42.2 Å². The second kappa shape index (κ2) is 5.78. The van der Waals surface area contributed by atoms with Gasteiger partial charge in [0.25, 0.3) is 0 Å². The summed E-state index contributed by atoms with van der Waals surface area (Å²) >= 11 is 8.02. The highest BCUT2D eigenvalue weighted by molar-refractivity contribution is 7.20. The number of thiazole rings is 1. The first-order chi connectivity index (χ1) is 9.76. The van der Waals surface area contributed by atoms with Crippen LogP contribution in [0.4, 0.5) is 0 Å². The predicted octanol–water partition coefficient (Wildman–Crippen LogP) is 5.60. The molecule has 0 amide bonds. The molecule has 0 atom stereocenters. The van der Waals surface area contributed by atoms with Gasteiger partial charge in [0.2, 0.25) is 0 Å². The number of rotatable bonds is 3. The van der Waals surface area contributed by atoms with Crippen LogP contribution < -0.4 is 0 Å². The van der Waals surface area contributed by atoms with Gasteiger partial charge >= 0.3 is 0 Å². The van der Waals surface area contributed by atoms with E-state index in [4.69, 9.17) is 11.6 Å². The molecule has 0 saturated carbocycles. The molecule has 3 heteroatoms. The van der Waals surface area contributed by atoms with Crippen molar-refractivity contribution >= 4 is 44.3 Å². The van der Waals surface area contributed by atoms with Crippen LogP contribution in [0.2, 0.25) is 0 Å². The molecule has 0 aliphatic carbocycles. The van der Waals surface area contributed by atoms with Crippen LogP contribution in [0.15, 0.2) is 48.5 Å². The maximum absolute atomic E-state index is 6.39. The van der Waals surface area contributed by atoms with Crippen LogP contribution in [0.1, 0.15) is 23.1 Å². The molecule has 0 aliphatic heterocycles. The van der Waals surface area contributed by atoms with Crippen molar-refractivity contribution in [2.24, 2.45) is 0 Å². The summed E-state index contributed by atoms with van der Waals surface area (Å²) < 4.78 is 1.16. The van der Waals surface area contributed by atoms with Crippen LogP contribution in [0.25, 0.3) is 21.3 Å². The molecule has 2 aromatic carbocycles. The van der Waals surface area contributed by atoms with Gasteiger partial charge in [-0.1, -0.05) is 54.9 Å². The number of halogens is 1. The Morgan fingerprint density at radius 1 is 1.15 bits per heavy atom. The van der Waals surface area contributed by atoms with Gasteiger partial charge in [-0.25, -0.2) is 4.98 Å². The van der Waals surface area contributed by atoms with Crippen molar-refractivity contribution in [3.8, 4) is 0 Å². The van der Waals surface area contributed by atoms with Gasteiger partial charge in [-0.05, 0) is 35.8 Å². The molecule has 0 unspecified atom stereocenters. The highest BCUT2D eigenvalue weighted by Gasteiger charge is 2.06. The molecule has 100 valence electrons. The van der Waals surface area contributed by atoms with Crippen molar-refractivity contribution in [2.75, 3.05) is 0 Å². The summed E-state index contributed by atoms with van der Waals surface area (Å²) in [6.45, 7) is 2.15. The third-order valence-electron chi connectivity index (χ3n) is 3.18. The Balaban J connectivity index is 1.93. The average Bonchev–Trinajstić information content (AvgIpc) is 2.92.